The van der Waals surface area contributed by atoms with Crippen LogP contribution in [0.1, 0.15) is 22.8 Å². The maximum absolute atomic E-state index is 11.9. The van der Waals surface area contributed by atoms with Gasteiger partial charge in [-0.2, -0.15) is 0 Å². The van der Waals surface area contributed by atoms with Crippen molar-refractivity contribution >= 4 is 11.7 Å². The number of anilines is 1. The highest BCUT2D eigenvalue weighted by Gasteiger charge is 2.11. The lowest BCUT2D eigenvalue weighted by Crippen LogP contribution is -2.32. The molecule has 21 heavy (non-hydrogen) atoms. The third-order valence-corrected chi connectivity index (χ3v) is 3.40. The van der Waals surface area contributed by atoms with Crippen LogP contribution in [0, 0.1) is 13.8 Å². The Labute approximate surface area is 124 Å². The van der Waals surface area contributed by atoms with E-state index in [4.69, 9.17) is 0 Å². The maximum Gasteiger partial charge on any atom is 0.319 e. The molecule has 0 bridgehead atoms. The lowest BCUT2D eigenvalue weighted by atomic mass is 10.0. The van der Waals surface area contributed by atoms with Crippen molar-refractivity contribution in [3.05, 3.63) is 65.2 Å². The number of rotatable bonds is 4. The Bertz CT molecular complexity index is 626. The Kier molecular flexibility index (Phi) is 4.95. The molecule has 1 unspecified atom stereocenters. The molecule has 0 fully saturated rings. The summed E-state index contributed by atoms with van der Waals surface area (Å²) >= 11 is 0. The minimum Gasteiger partial charge on any atom is -0.387 e. The van der Waals surface area contributed by atoms with Crippen LogP contribution >= 0.6 is 0 Å². The smallest absolute Gasteiger partial charge is 0.319 e. The van der Waals surface area contributed by atoms with Gasteiger partial charge in [-0.15, -0.1) is 0 Å². The Hall–Kier alpha value is -2.33. The monoisotopic (exact) mass is 284 g/mol. The number of amides is 2. The summed E-state index contributed by atoms with van der Waals surface area (Å²) in [6.45, 7) is 4.03. The van der Waals surface area contributed by atoms with Gasteiger partial charge in [0.15, 0.2) is 0 Å². The van der Waals surface area contributed by atoms with Gasteiger partial charge < -0.3 is 15.7 Å². The Balaban J connectivity index is 1.90. The van der Waals surface area contributed by atoms with Crippen molar-refractivity contribution in [1.29, 1.82) is 0 Å². The summed E-state index contributed by atoms with van der Waals surface area (Å²) in [4.78, 5) is 11.9. The second-order valence-electron chi connectivity index (χ2n) is 5.02. The van der Waals surface area contributed by atoms with Crippen molar-refractivity contribution in [3.63, 3.8) is 0 Å². The zero-order chi connectivity index (χ0) is 15.2. The molecule has 0 heterocycles. The summed E-state index contributed by atoms with van der Waals surface area (Å²) in [6, 6.07) is 14.8. The predicted octanol–water partition coefficient (Wildman–Crippen LogP) is 3.16. The van der Waals surface area contributed by atoms with Crippen LogP contribution < -0.4 is 10.6 Å². The van der Waals surface area contributed by atoms with E-state index >= 15 is 0 Å². The quantitative estimate of drug-likeness (QED) is 0.807. The van der Waals surface area contributed by atoms with E-state index in [2.05, 4.69) is 10.6 Å². The van der Waals surface area contributed by atoms with Crippen LogP contribution in [0.25, 0.3) is 0 Å². The van der Waals surface area contributed by atoms with Gasteiger partial charge in [-0.1, -0.05) is 42.5 Å². The number of para-hydroxylation sites is 1. The van der Waals surface area contributed by atoms with Gasteiger partial charge in [-0.05, 0) is 36.6 Å². The van der Waals surface area contributed by atoms with Crippen molar-refractivity contribution < 1.29 is 9.90 Å². The number of benzene rings is 2. The van der Waals surface area contributed by atoms with E-state index in [1.807, 2.05) is 62.4 Å². The van der Waals surface area contributed by atoms with E-state index in [-0.39, 0.29) is 12.6 Å². The van der Waals surface area contributed by atoms with Crippen LogP contribution in [-0.2, 0) is 0 Å². The lowest BCUT2D eigenvalue weighted by Gasteiger charge is -2.15. The molecule has 0 saturated heterocycles. The molecule has 4 heteroatoms. The zero-order valence-corrected chi connectivity index (χ0v) is 12.3. The fourth-order valence-corrected chi connectivity index (χ4v) is 2.14. The molecule has 110 valence electrons. The molecule has 0 radical (unpaired) electrons. The van der Waals surface area contributed by atoms with Gasteiger partial charge in [-0.25, -0.2) is 4.79 Å². The van der Waals surface area contributed by atoms with E-state index in [1.54, 1.807) is 0 Å². The van der Waals surface area contributed by atoms with Gasteiger partial charge in [0.25, 0.3) is 0 Å². The third-order valence-electron chi connectivity index (χ3n) is 3.40. The van der Waals surface area contributed by atoms with Crippen molar-refractivity contribution in [2.75, 3.05) is 11.9 Å². The molecule has 2 aromatic carbocycles. The van der Waals surface area contributed by atoms with E-state index in [0.717, 1.165) is 22.4 Å². The molecule has 0 spiro atoms. The molecule has 0 saturated carbocycles. The van der Waals surface area contributed by atoms with Gasteiger partial charge >= 0.3 is 6.03 Å². The van der Waals surface area contributed by atoms with E-state index in [9.17, 15) is 9.90 Å². The predicted molar refractivity (Wildman–Crippen MR) is 84.3 cm³/mol. The second-order valence-corrected chi connectivity index (χ2v) is 5.02. The largest absolute Gasteiger partial charge is 0.387 e. The topological polar surface area (TPSA) is 61.4 Å². The molecule has 2 amide bonds. The fraction of sp³-hybridized carbons (Fsp3) is 0.235. The highest BCUT2D eigenvalue weighted by atomic mass is 16.3. The van der Waals surface area contributed by atoms with Crippen LogP contribution in [0.4, 0.5) is 10.5 Å². The molecule has 4 nitrogen and oxygen atoms in total. The number of aliphatic hydroxyl groups is 1. The number of urea groups is 1. The first-order chi connectivity index (χ1) is 10.1. The molecule has 1 atom stereocenters. The first-order valence-electron chi connectivity index (χ1n) is 6.92. The number of aryl methyl sites for hydroxylation is 2. The van der Waals surface area contributed by atoms with Crippen LogP contribution in [-0.4, -0.2) is 17.7 Å². The number of hydrogen-bond acceptors (Lipinski definition) is 2. The summed E-state index contributed by atoms with van der Waals surface area (Å²) in [5.74, 6) is 0. The summed E-state index contributed by atoms with van der Waals surface area (Å²) in [7, 11) is 0. The summed E-state index contributed by atoms with van der Waals surface area (Å²) in [6.07, 6.45) is -0.714. The van der Waals surface area contributed by atoms with Crippen LogP contribution in [0.5, 0.6) is 0 Å². The van der Waals surface area contributed by atoms with Gasteiger partial charge in [0.05, 0.1) is 6.10 Å². The first-order valence-corrected chi connectivity index (χ1v) is 6.92. The molecular weight excluding hydrogens is 264 g/mol. The third kappa shape index (κ3) is 4.07. The number of hydrogen-bond donors (Lipinski definition) is 3. The highest BCUT2D eigenvalue weighted by molar-refractivity contribution is 5.90. The molecule has 0 aromatic heterocycles. The number of carbonyl (C=O) groups excluding carboxylic acids is 1. The normalized spacial score (nSPS) is 11.8. The summed E-state index contributed by atoms with van der Waals surface area (Å²) < 4.78 is 0. The molecular formula is C17H20N2O2. The SMILES string of the molecule is Cc1ccccc1NC(=O)NCC(O)c1ccccc1C. The van der Waals surface area contributed by atoms with Crippen molar-refractivity contribution in [2.45, 2.75) is 20.0 Å². The van der Waals surface area contributed by atoms with Crippen molar-refractivity contribution in [3.8, 4) is 0 Å². The van der Waals surface area contributed by atoms with E-state index < -0.39 is 6.10 Å². The Morgan fingerprint density at radius 1 is 1.05 bits per heavy atom. The summed E-state index contributed by atoms with van der Waals surface area (Å²) in [5, 5.41) is 15.6. The molecule has 0 aliphatic carbocycles. The maximum atomic E-state index is 11.9. The zero-order valence-electron chi connectivity index (χ0n) is 12.3. The molecule has 2 aromatic rings. The molecule has 0 aliphatic heterocycles. The van der Waals surface area contributed by atoms with Gasteiger partial charge in [0, 0.05) is 12.2 Å². The van der Waals surface area contributed by atoms with Crippen LogP contribution in [0.2, 0.25) is 0 Å². The Morgan fingerprint density at radius 3 is 2.33 bits per heavy atom. The van der Waals surface area contributed by atoms with E-state index in [1.165, 1.54) is 0 Å². The fourth-order valence-electron chi connectivity index (χ4n) is 2.14. The van der Waals surface area contributed by atoms with Gasteiger partial charge in [0.1, 0.15) is 0 Å². The highest BCUT2D eigenvalue weighted by Crippen LogP contribution is 2.16. The van der Waals surface area contributed by atoms with Crippen LogP contribution in [0.3, 0.4) is 0 Å². The minimum atomic E-state index is -0.714. The Morgan fingerprint density at radius 2 is 1.67 bits per heavy atom. The number of nitrogens with one attached hydrogen (secondary N) is 2. The van der Waals surface area contributed by atoms with Gasteiger partial charge in [0.2, 0.25) is 0 Å². The molecule has 2 rings (SSSR count). The summed E-state index contributed by atoms with van der Waals surface area (Å²) in [5.41, 5.74) is 3.59. The number of aliphatic hydroxyl groups excluding tert-OH is 1. The average molecular weight is 284 g/mol. The molecule has 0 aliphatic rings. The van der Waals surface area contributed by atoms with Crippen molar-refractivity contribution in [1.82, 2.24) is 5.32 Å². The lowest BCUT2D eigenvalue weighted by molar-refractivity contribution is 0.174. The van der Waals surface area contributed by atoms with E-state index in [0.29, 0.717) is 0 Å². The molecule has 3 N–H and O–H groups in total. The van der Waals surface area contributed by atoms with Crippen molar-refractivity contribution in [2.24, 2.45) is 0 Å². The minimum absolute atomic E-state index is 0.169. The average Bonchev–Trinajstić information content (AvgIpc) is 2.48. The van der Waals surface area contributed by atoms with Gasteiger partial charge in [-0.3, -0.25) is 0 Å². The standard InChI is InChI=1S/C17H20N2O2/c1-12-7-3-5-9-14(12)16(20)11-18-17(21)19-15-10-6-4-8-13(15)2/h3-10,16,20H,11H2,1-2H3,(H2,18,19,21). The van der Waals surface area contributed by atoms with Crippen LogP contribution in [0.15, 0.2) is 48.5 Å². The number of carbonyl (C=O) groups is 1. The first kappa shape index (κ1) is 15.1. The second kappa shape index (κ2) is 6.90.